The standard InChI is InChI=1S/C29H29F2NO4/c1-18-12-13-32(16-18)17-29(30,31)36-24-9-6-20(7-10-24)28-27(21-4-3-5-22(33)14-21)19(2)25-15-23(34)8-11-26(25)35-28/h3-11,14-15,18,28,33-34H,12-13,16-17H2,1-2H3. The van der Waals surface area contributed by atoms with E-state index in [2.05, 4.69) is 6.92 Å². The van der Waals surface area contributed by atoms with Crippen LogP contribution in [-0.4, -0.2) is 40.9 Å². The Morgan fingerprint density at radius 3 is 2.47 bits per heavy atom. The molecular formula is C29H29F2NO4. The molecule has 1 saturated heterocycles. The smallest absolute Gasteiger partial charge is 0.410 e. The summed E-state index contributed by atoms with van der Waals surface area (Å²) in [4.78, 5) is 1.74. The lowest BCUT2D eigenvalue weighted by molar-refractivity contribution is -0.187. The maximum Gasteiger partial charge on any atom is 0.410 e. The summed E-state index contributed by atoms with van der Waals surface area (Å²) in [5, 5.41) is 20.1. The molecule has 5 nitrogen and oxygen atoms in total. The van der Waals surface area contributed by atoms with Crippen LogP contribution in [0.1, 0.15) is 43.1 Å². The maximum absolute atomic E-state index is 14.6. The first-order valence-corrected chi connectivity index (χ1v) is 12.1. The number of nitrogens with zero attached hydrogens (tertiary/aromatic N) is 1. The van der Waals surface area contributed by atoms with Gasteiger partial charge < -0.3 is 19.7 Å². The molecule has 0 amide bonds. The summed E-state index contributed by atoms with van der Waals surface area (Å²) in [6.07, 6.45) is -2.93. The molecule has 2 atom stereocenters. The molecule has 0 spiro atoms. The van der Waals surface area contributed by atoms with Crippen LogP contribution in [0.3, 0.4) is 0 Å². The lowest BCUT2D eigenvalue weighted by Gasteiger charge is -2.31. The Labute approximate surface area is 209 Å². The van der Waals surface area contributed by atoms with Gasteiger partial charge in [-0.3, -0.25) is 4.90 Å². The van der Waals surface area contributed by atoms with E-state index in [-0.39, 0.29) is 17.2 Å². The van der Waals surface area contributed by atoms with Crippen molar-refractivity contribution in [3.05, 3.63) is 83.4 Å². The molecule has 2 unspecified atom stereocenters. The quantitative estimate of drug-likeness (QED) is 0.412. The molecule has 3 aromatic carbocycles. The van der Waals surface area contributed by atoms with Crippen molar-refractivity contribution in [3.8, 4) is 23.0 Å². The number of likely N-dealkylation sites (tertiary alicyclic amines) is 1. The number of rotatable bonds is 6. The van der Waals surface area contributed by atoms with E-state index in [0.29, 0.717) is 24.8 Å². The predicted molar refractivity (Wildman–Crippen MR) is 134 cm³/mol. The topological polar surface area (TPSA) is 62.2 Å². The average Bonchev–Trinajstić information content (AvgIpc) is 3.23. The fourth-order valence-electron chi connectivity index (χ4n) is 5.06. The fraction of sp³-hybridized carbons (Fsp3) is 0.310. The third-order valence-electron chi connectivity index (χ3n) is 6.80. The van der Waals surface area contributed by atoms with E-state index in [0.717, 1.165) is 34.3 Å². The minimum atomic E-state index is -3.29. The number of halogens is 2. The van der Waals surface area contributed by atoms with Crippen LogP contribution in [0.4, 0.5) is 8.78 Å². The average molecular weight is 494 g/mol. The zero-order valence-electron chi connectivity index (χ0n) is 20.2. The molecule has 1 fully saturated rings. The lowest BCUT2D eigenvalue weighted by atomic mass is 9.86. The number of fused-ring (bicyclic) bond motifs is 1. The van der Waals surface area contributed by atoms with E-state index < -0.39 is 18.8 Å². The maximum atomic E-state index is 14.6. The van der Waals surface area contributed by atoms with Gasteiger partial charge in [-0.15, -0.1) is 0 Å². The van der Waals surface area contributed by atoms with Gasteiger partial charge in [0.05, 0.1) is 0 Å². The molecule has 2 aliphatic heterocycles. The number of phenolic OH excluding ortho intramolecular Hbond substituents is 2. The van der Waals surface area contributed by atoms with Crippen molar-refractivity contribution in [3.63, 3.8) is 0 Å². The van der Waals surface area contributed by atoms with Crippen molar-refractivity contribution in [2.75, 3.05) is 19.6 Å². The van der Waals surface area contributed by atoms with Crippen LogP contribution in [0.5, 0.6) is 23.0 Å². The van der Waals surface area contributed by atoms with Crippen molar-refractivity contribution in [1.82, 2.24) is 4.90 Å². The molecule has 0 aromatic heterocycles. The van der Waals surface area contributed by atoms with E-state index >= 15 is 0 Å². The molecule has 0 aliphatic carbocycles. The third-order valence-corrected chi connectivity index (χ3v) is 6.80. The van der Waals surface area contributed by atoms with Crippen molar-refractivity contribution in [2.45, 2.75) is 32.5 Å². The normalized spacial score (nSPS) is 20.2. The van der Waals surface area contributed by atoms with Crippen LogP contribution in [0.2, 0.25) is 0 Å². The number of aromatic hydroxyl groups is 2. The molecule has 188 valence electrons. The molecule has 2 heterocycles. The van der Waals surface area contributed by atoms with Gasteiger partial charge in [0.1, 0.15) is 35.6 Å². The highest BCUT2D eigenvalue weighted by atomic mass is 19.3. The van der Waals surface area contributed by atoms with Gasteiger partial charge in [-0.2, -0.15) is 8.78 Å². The summed E-state index contributed by atoms with van der Waals surface area (Å²) >= 11 is 0. The van der Waals surface area contributed by atoms with Crippen LogP contribution >= 0.6 is 0 Å². The summed E-state index contributed by atoms with van der Waals surface area (Å²) < 4.78 is 40.6. The fourth-order valence-corrected chi connectivity index (χ4v) is 5.06. The van der Waals surface area contributed by atoms with Crippen molar-refractivity contribution in [2.24, 2.45) is 5.92 Å². The molecule has 0 bridgehead atoms. The third kappa shape index (κ3) is 5.02. The lowest BCUT2D eigenvalue weighted by Crippen LogP contribution is -2.39. The van der Waals surface area contributed by atoms with Gasteiger partial charge >= 0.3 is 6.11 Å². The number of hydrogen-bond donors (Lipinski definition) is 2. The summed E-state index contributed by atoms with van der Waals surface area (Å²) in [6, 6.07) is 18.3. The molecule has 2 aliphatic rings. The number of ether oxygens (including phenoxy) is 2. The highest BCUT2D eigenvalue weighted by molar-refractivity contribution is 5.95. The molecule has 7 heteroatoms. The Hall–Kier alpha value is -3.58. The summed E-state index contributed by atoms with van der Waals surface area (Å²) in [7, 11) is 0. The second-order valence-corrected chi connectivity index (χ2v) is 9.70. The highest BCUT2D eigenvalue weighted by Crippen LogP contribution is 2.47. The number of benzene rings is 3. The molecule has 3 aromatic rings. The van der Waals surface area contributed by atoms with Crippen LogP contribution < -0.4 is 9.47 Å². The Kier molecular flexibility index (Phi) is 6.35. The van der Waals surface area contributed by atoms with Crippen LogP contribution in [0, 0.1) is 5.92 Å². The van der Waals surface area contributed by atoms with Gasteiger partial charge in [-0.05, 0) is 85.0 Å². The van der Waals surface area contributed by atoms with Gasteiger partial charge in [0.2, 0.25) is 0 Å². The first kappa shape index (κ1) is 24.1. The van der Waals surface area contributed by atoms with Crippen molar-refractivity contribution in [1.29, 1.82) is 0 Å². The van der Waals surface area contributed by atoms with Gasteiger partial charge in [0.15, 0.2) is 0 Å². The van der Waals surface area contributed by atoms with Crippen LogP contribution in [0.15, 0.2) is 66.7 Å². The minimum absolute atomic E-state index is 0.0803. The zero-order valence-corrected chi connectivity index (χ0v) is 20.2. The van der Waals surface area contributed by atoms with E-state index in [1.54, 1.807) is 53.4 Å². The Morgan fingerprint density at radius 2 is 1.78 bits per heavy atom. The molecule has 0 saturated carbocycles. The second kappa shape index (κ2) is 9.47. The minimum Gasteiger partial charge on any atom is -0.508 e. The van der Waals surface area contributed by atoms with Gasteiger partial charge in [-0.1, -0.05) is 31.2 Å². The SMILES string of the molecule is CC1=C(c2cccc(O)c2)C(c2ccc(OC(F)(F)CN3CCC(C)C3)cc2)Oc2ccc(O)cc21. The van der Waals surface area contributed by atoms with E-state index in [9.17, 15) is 19.0 Å². The summed E-state index contributed by atoms with van der Waals surface area (Å²) in [5.74, 6) is 1.34. The van der Waals surface area contributed by atoms with Crippen LogP contribution in [-0.2, 0) is 0 Å². The zero-order chi connectivity index (χ0) is 25.4. The number of hydrogen-bond acceptors (Lipinski definition) is 5. The summed E-state index contributed by atoms with van der Waals surface area (Å²) in [6.45, 7) is 4.87. The molecule has 2 N–H and O–H groups in total. The van der Waals surface area contributed by atoms with Crippen molar-refractivity contribution >= 4 is 11.1 Å². The van der Waals surface area contributed by atoms with Gasteiger partial charge in [0.25, 0.3) is 0 Å². The van der Waals surface area contributed by atoms with Crippen LogP contribution in [0.25, 0.3) is 11.1 Å². The number of alkyl halides is 2. The largest absolute Gasteiger partial charge is 0.508 e. The van der Waals surface area contributed by atoms with Gasteiger partial charge in [-0.25, -0.2) is 0 Å². The van der Waals surface area contributed by atoms with Gasteiger partial charge in [0, 0.05) is 17.7 Å². The second-order valence-electron chi connectivity index (χ2n) is 9.70. The Bertz CT molecular complexity index is 1290. The monoisotopic (exact) mass is 493 g/mol. The molecule has 5 rings (SSSR count). The Morgan fingerprint density at radius 1 is 1.03 bits per heavy atom. The van der Waals surface area contributed by atoms with E-state index in [4.69, 9.17) is 9.47 Å². The Balaban J connectivity index is 1.43. The molecule has 36 heavy (non-hydrogen) atoms. The molecule has 0 radical (unpaired) electrons. The van der Waals surface area contributed by atoms with E-state index in [1.807, 2.05) is 13.0 Å². The van der Waals surface area contributed by atoms with Crippen molar-refractivity contribution < 1.29 is 28.5 Å². The number of allylic oxidation sites excluding steroid dienone is 1. The first-order chi connectivity index (χ1) is 17.2. The predicted octanol–water partition coefficient (Wildman–Crippen LogP) is 6.48. The number of phenols is 2. The van der Waals surface area contributed by atoms with E-state index in [1.165, 1.54) is 12.1 Å². The first-order valence-electron chi connectivity index (χ1n) is 12.1. The summed E-state index contributed by atoms with van der Waals surface area (Å²) in [5.41, 5.74) is 3.95. The molecular weight excluding hydrogens is 464 g/mol. The highest BCUT2D eigenvalue weighted by Gasteiger charge is 2.37.